The van der Waals surface area contributed by atoms with E-state index in [4.69, 9.17) is 0 Å². The predicted molar refractivity (Wildman–Crippen MR) is 96.1 cm³/mol. The Kier molecular flexibility index (Phi) is 4.86. The van der Waals surface area contributed by atoms with Crippen LogP contribution in [0.25, 0.3) is 0 Å². The van der Waals surface area contributed by atoms with Crippen LogP contribution >= 0.6 is 0 Å². The molecule has 1 aromatic rings. The minimum Gasteiger partial charge on any atom is -0.393 e. The maximum Gasteiger partial charge on any atom is 0.317 e. The molecule has 0 atom stereocenters. The van der Waals surface area contributed by atoms with Crippen molar-refractivity contribution in [3.63, 3.8) is 0 Å². The van der Waals surface area contributed by atoms with E-state index in [9.17, 15) is 9.90 Å². The third-order valence-electron chi connectivity index (χ3n) is 5.40. The van der Waals surface area contributed by atoms with Crippen molar-refractivity contribution >= 4 is 6.03 Å². The standard InChI is InChI=1S/C20H30N2O2/c1-20(2,3)16-5-4-14-10-11-22(13-15(14)12-16)19(24)21-17-6-8-18(23)9-7-17/h4-5,12,17-18,23H,6-11,13H2,1-3H3,(H,21,24). The fourth-order valence-electron chi connectivity index (χ4n) is 3.68. The van der Waals surface area contributed by atoms with E-state index >= 15 is 0 Å². The van der Waals surface area contributed by atoms with Gasteiger partial charge in [-0.3, -0.25) is 0 Å². The van der Waals surface area contributed by atoms with E-state index in [0.29, 0.717) is 6.54 Å². The van der Waals surface area contributed by atoms with Gasteiger partial charge in [-0.15, -0.1) is 0 Å². The number of nitrogens with one attached hydrogen (secondary N) is 1. The summed E-state index contributed by atoms with van der Waals surface area (Å²) in [6.45, 7) is 8.14. The molecule has 1 aliphatic heterocycles. The number of amides is 2. The smallest absolute Gasteiger partial charge is 0.317 e. The number of fused-ring (bicyclic) bond motifs is 1. The van der Waals surface area contributed by atoms with Crippen LogP contribution < -0.4 is 5.32 Å². The highest BCUT2D eigenvalue weighted by Crippen LogP contribution is 2.28. The molecule has 0 bridgehead atoms. The number of urea groups is 1. The Morgan fingerprint density at radius 1 is 1.17 bits per heavy atom. The average Bonchev–Trinajstić information content (AvgIpc) is 2.55. The second-order valence-electron chi connectivity index (χ2n) is 8.36. The lowest BCUT2D eigenvalue weighted by molar-refractivity contribution is 0.114. The number of carbonyl (C=O) groups excluding carboxylic acids is 1. The Bertz CT molecular complexity index is 598. The van der Waals surface area contributed by atoms with Gasteiger partial charge in [-0.2, -0.15) is 0 Å². The Balaban J connectivity index is 1.64. The van der Waals surface area contributed by atoms with E-state index in [1.54, 1.807) is 0 Å². The Hall–Kier alpha value is -1.55. The van der Waals surface area contributed by atoms with E-state index < -0.39 is 0 Å². The summed E-state index contributed by atoms with van der Waals surface area (Å²) in [7, 11) is 0. The molecule has 0 saturated heterocycles. The molecule has 0 radical (unpaired) electrons. The average molecular weight is 330 g/mol. The van der Waals surface area contributed by atoms with Gasteiger partial charge in [0.05, 0.1) is 6.10 Å². The number of carbonyl (C=O) groups is 1. The van der Waals surface area contributed by atoms with Crippen LogP contribution in [-0.4, -0.2) is 34.7 Å². The highest BCUT2D eigenvalue weighted by Gasteiger charge is 2.26. The molecular weight excluding hydrogens is 300 g/mol. The first kappa shape index (κ1) is 17.3. The van der Waals surface area contributed by atoms with Gasteiger partial charge < -0.3 is 15.3 Å². The maximum absolute atomic E-state index is 12.6. The molecule has 1 aromatic carbocycles. The number of rotatable bonds is 1. The normalized spacial score (nSPS) is 24.4. The van der Waals surface area contributed by atoms with Crippen LogP contribution in [0.2, 0.25) is 0 Å². The van der Waals surface area contributed by atoms with E-state index in [1.807, 2.05) is 4.90 Å². The third-order valence-corrected chi connectivity index (χ3v) is 5.40. The van der Waals surface area contributed by atoms with Crippen molar-refractivity contribution in [2.75, 3.05) is 6.54 Å². The van der Waals surface area contributed by atoms with E-state index in [2.05, 4.69) is 44.3 Å². The monoisotopic (exact) mass is 330 g/mol. The molecule has 1 aliphatic carbocycles. The highest BCUT2D eigenvalue weighted by atomic mass is 16.3. The number of benzene rings is 1. The molecule has 4 heteroatoms. The molecule has 1 heterocycles. The van der Waals surface area contributed by atoms with Crippen molar-refractivity contribution in [1.29, 1.82) is 0 Å². The van der Waals surface area contributed by atoms with Gasteiger partial charge in [0.25, 0.3) is 0 Å². The van der Waals surface area contributed by atoms with Gasteiger partial charge in [0.15, 0.2) is 0 Å². The SMILES string of the molecule is CC(C)(C)c1ccc2c(c1)CN(C(=O)NC1CCC(O)CC1)CC2. The fraction of sp³-hybridized carbons (Fsp3) is 0.650. The summed E-state index contributed by atoms with van der Waals surface area (Å²) in [5, 5.41) is 12.7. The van der Waals surface area contributed by atoms with Crippen molar-refractivity contribution < 1.29 is 9.90 Å². The molecule has 0 aromatic heterocycles. The van der Waals surface area contributed by atoms with Gasteiger partial charge in [-0.05, 0) is 54.2 Å². The molecule has 4 nitrogen and oxygen atoms in total. The Morgan fingerprint density at radius 3 is 2.54 bits per heavy atom. The molecule has 2 amide bonds. The van der Waals surface area contributed by atoms with E-state index in [1.165, 1.54) is 16.7 Å². The fourth-order valence-corrected chi connectivity index (χ4v) is 3.68. The Labute approximate surface area is 145 Å². The molecule has 24 heavy (non-hydrogen) atoms. The van der Waals surface area contributed by atoms with Crippen LogP contribution in [0.3, 0.4) is 0 Å². The summed E-state index contributed by atoms with van der Waals surface area (Å²) in [6, 6.07) is 6.98. The van der Waals surface area contributed by atoms with Crippen molar-refractivity contribution in [2.24, 2.45) is 0 Å². The molecule has 2 aliphatic rings. The molecule has 1 fully saturated rings. The summed E-state index contributed by atoms with van der Waals surface area (Å²) < 4.78 is 0. The number of hydrogen-bond acceptors (Lipinski definition) is 2. The zero-order valence-corrected chi connectivity index (χ0v) is 15.1. The topological polar surface area (TPSA) is 52.6 Å². The number of aliphatic hydroxyl groups is 1. The number of hydrogen-bond donors (Lipinski definition) is 2. The predicted octanol–water partition coefficient (Wildman–Crippen LogP) is 3.36. The van der Waals surface area contributed by atoms with Crippen LogP contribution in [0.1, 0.15) is 63.1 Å². The van der Waals surface area contributed by atoms with Crippen molar-refractivity contribution in [2.45, 2.75) is 77.0 Å². The quantitative estimate of drug-likeness (QED) is 0.829. The lowest BCUT2D eigenvalue weighted by Crippen LogP contribution is -2.47. The van der Waals surface area contributed by atoms with Gasteiger partial charge >= 0.3 is 6.03 Å². The summed E-state index contributed by atoms with van der Waals surface area (Å²) in [4.78, 5) is 14.5. The first-order valence-corrected chi connectivity index (χ1v) is 9.19. The van der Waals surface area contributed by atoms with E-state index in [-0.39, 0.29) is 23.6 Å². The largest absolute Gasteiger partial charge is 0.393 e. The second-order valence-corrected chi connectivity index (χ2v) is 8.36. The molecule has 3 rings (SSSR count). The molecule has 1 saturated carbocycles. The van der Waals surface area contributed by atoms with Crippen LogP contribution in [0.5, 0.6) is 0 Å². The van der Waals surface area contributed by atoms with Gasteiger partial charge in [-0.25, -0.2) is 4.79 Å². The van der Waals surface area contributed by atoms with Gasteiger partial charge in [-0.1, -0.05) is 39.0 Å². The zero-order valence-electron chi connectivity index (χ0n) is 15.1. The third kappa shape index (κ3) is 3.92. The lowest BCUT2D eigenvalue weighted by Gasteiger charge is -2.33. The van der Waals surface area contributed by atoms with Crippen molar-refractivity contribution in [3.05, 3.63) is 34.9 Å². The number of aliphatic hydroxyl groups excluding tert-OH is 1. The van der Waals surface area contributed by atoms with Crippen LogP contribution in [0, 0.1) is 0 Å². The summed E-state index contributed by atoms with van der Waals surface area (Å²) in [5.41, 5.74) is 4.10. The summed E-state index contributed by atoms with van der Waals surface area (Å²) in [6.07, 6.45) is 4.09. The minimum atomic E-state index is -0.184. The van der Waals surface area contributed by atoms with Crippen molar-refractivity contribution in [3.8, 4) is 0 Å². The van der Waals surface area contributed by atoms with E-state index in [0.717, 1.165) is 38.6 Å². The van der Waals surface area contributed by atoms with Crippen molar-refractivity contribution in [1.82, 2.24) is 10.2 Å². The zero-order chi connectivity index (χ0) is 17.3. The highest BCUT2D eigenvalue weighted by molar-refractivity contribution is 5.75. The number of nitrogens with zero attached hydrogens (tertiary/aromatic N) is 1. The van der Waals surface area contributed by atoms with Gasteiger partial charge in [0, 0.05) is 19.1 Å². The lowest BCUT2D eigenvalue weighted by atomic mass is 9.84. The van der Waals surface area contributed by atoms with Crippen LogP contribution in [0.4, 0.5) is 4.79 Å². The van der Waals surface area contributed by atoms with Crippen LogP contribution in [0.15, 0.2) is 18.2 Å². The summed E-state index contributed by atoms with van der Waals surface area (Å²) in [5.74, 6) is 0. The first-order chi connectivity index (χ1) is 11.3. The van der Waals surface area contributed by atoms with Gasteiger partial charge in [0.1, 0.15) is 0 Å². The first-order valence-electron chi connectivity index (χ1n) is 9.19. The van der Waals surface area contributed by atoms with Crippen LogP contribution in [-0.2, 0) is 18.4 Å². The second kappa shape index (κ2) is 6.75. The minimum absolute atomic E-state index is 0.0446. The molecule has 2 N–H and O–H groups in total. The molecule has 0 spiro atoms. The molecule has 0 unspecified atom stereocenters. The van der Waals surface area contributed by atoms with Gasteiger partial charge in [0.2, 0.25) is 0 Å². The summed E-state index contributed by atoms with van der Waals surface area (Å²) >= 11 is 0. The molecule has 132 valence electrons. The maximum atomic E-state index is 12.6. The molecular formula is C20H30N2O2. The Morgan fingerprint density at radius 2 is 1.88 bits per heavy atom.